The molecule has 0 bridgehead atoms. The average molecular weight is 719 g/mol. The first kappa shape index (κ1) is 36.6. The lowest BCUT2D eigenvalue weighted by molar-refractivity contribution is -0.360. The molecule has 0 amide bonds. The number of benzene rings is 5. The summed E-state index contributed by atoms with van der Waals surface area (Å²) in [4.78, 5) is 0. The van der Waals surface area contributed by atoms with Gasteiger partial charge in [-0.15, -0.1) is 13.2 Å². The maximum atomic E-state index is 12.7. The van der Waals surface area contributed by atoms with Crippen LogP contribution < -0.4 is 4.74 Å². The molecule has 1 heterocycles. The molecule has 4 unspecified atom stereocenters. The van der Waals surface area contributed by atoms with Gasteiger partial charge in [0.25, 0.3) is 0 Å². The van der Waals surface area contributed by atoms with E-state index in [-0.39, 0.29) is 19.0 Å². The number of rotatable bonds is 14. The lowest BCUT2D eigenvalue weighted by Crippen LogP contribution is -2.62. The Morgan fingerprint density at radius 3 is 1.78 bits per heavy atom. The van der Waals surface area contributed by atoms with Crippen molar-refractivity contribution in [2.75, 3.05) is 13.7 Å². The second-order valence-electron chi connectivity index (χ2n) is 12.2. The molecule has 10 heteroatoms. The second-order valence-corrected chi connectivity index (χ2v) is 12.6. The molecule has 266 valence electrons. The van der Waals surface area contributed by atoms with Gasteiger partial charge in [-0.3, -0.25) is 0 Å². The third kappa shape index (κ3) is 9.56. The summed E-state index contributed by atoms with van der Waals surface area (Å²) in [6.07, 6.45) is -6.45. The van der Waals surface area contributed by atoms with Gasteiger partial charge >= 0.3 is 6.36 Å². The van der Waals surface area contributed by atoms with Crippen LogP contribution in [0.3, 0.4) is 0 Å². The Hall–Kier alpha value is -4.22. The van der Waals surface area contributed by atoms with Crippen molar-refractivity contribution in [3.63, 3.8) is 0 Å². The Balaban J connectivity index is 1.34. The summed E-state index contributed by atoms with van der Waals surface area (Å²) in [6, 6.07) is 40.7. The molecule has 6 rings (SSSR count). The van der Waals surface area contributed by atoms with E-state index in [0.717, 1.165) is 22.3 Å². The zero-order chi connectivity index (χ0) is 35.7. The molecule has 0 radical (unpaired) electrons. The van der Waals surface area contributed by atoms with Gasteiger partial charge in [-0.25, -0.2) is 0 Å². The van der Waals surface area contributed by atoms with Crippen molar-refractivity contribution in [1.29, 1.82) is 0 Å². The fourth-order valence-corrected chi connectivity index (χ4v) is 6.32. The minimum Gasteiger partial charge on any atom is -0.406 e. The van der Waals surface area contributed by atoms with E-state index >= 15 is 0 Å². The van der Waals surface area contributed by atoms with Crippen LogP contribution in [-0.4, -0.2) is 38.4 Å². The topological polar surface area (TPSA) is 55.4 Å². The molecule has 0 aromatic heterocycles. The molecule has 0 spiro atoms. The molecular weight excluding hydrogens is 681 g/mol. The van der Waals surface area contributed by atoms with Crippen LogP contribution >= 0.6 is 11.6 Å². The number of methoxy groups -OCH3 is 1. The van der Waals surface area contributed by atoms with Crippen molar-refractivity contribution in [3.05, 3.63) is 172 Å². The quantitative estimate of drug-likeness (QED) is 0.114. The summed E-state index contributed by atoms with van der Waals surface area (Å²) in [5.41, 5.74) is 5.02. The van der Waals surface area contributed by atoms with Crippen molar-refractivity contribution in [3.8, 4) is 5.75 Å². The van der Waals surface area contributed by atoms with Crippen molar-refractivity contribution in [2.24, 2.45) is 0 Å². The van der Waals surface area contributed by atoms with Gasteiger partial charge in [-0.2, -0.15) is 0 Å². The lowest BCUT2D eigenvalue weighted by Gasteiger charge is -2.49. The first-order valence-electron chi connectivity index (χ1n) is 16.5. The molecule has 51 heavy (non-hydrogen) atoms. The molecule has 1 aliphatic heterocycles. The molecule has 0 N–H and O–H groups in total. The molecule has 1 fully saturated rings. The van der Waals surface area contributed by atoms with Crippen molar-refractivity contribution in [2.45, 2.75) is 56.7 Å². The summed E-state index contributed by atoms with van der Waals surface area (Å²) in [6.45, 7) is 0.998. The lowest BCUT2D eigenvalue weighted by atomic mass is 9.88. The van der Waals surface area contributed by atoms with Crippen LogP contribution in [0.2, 0.25) is 5.02 Å². The predicted octanol–water partition coefficient (Wildman–Crippen LogP) is 9.42. The van der Waals surface area contributed by atoms with Gasteiger partial charge in [0.05, 0.1) is 26.4 Å². The van der Waals surface area contributed by atoms with E-state index in [1.165, 1.54) is 12.1 Å². The highest BCUT2D eigenvalue weighted by Gasteiger charge is 2.55. The highest BCUT2D eigenvalue weighted by molar-refractivity contribution is 6.31. The summed E-state index contributed by atoms with van der Waals surface area (Å²) >= 11 is 6.71. The molecule has 6 nitrogen and oxygen atoms in total. The van der Waals surface area contributed by atoms with Crippen molar-refractivity contribution in [1.82, 2.24) is 0 Å². The number of ether oxygens (including phenoxy) is 6. The van der Waals surface area contributed by atoms with Crippen molar-refractivity contribution < 1.29 is 41.6 Å². The van der Waals surface area contributed by atoms with E-state index in [1.54, 1.807) is 25.3 Å². The molecule has 1 aliphatic rings. The largest absolute Gasteiger partial charge is 0.573 e. The van der Waals surface area contributed by atoms with E-state index in [1.807, 2.05) is 103 Å². The van der Waals surface area contributed by atoms with Crippen LogP contribution in [0.4, 0.5) is 13.2 Å². The number of alkyl halides is 3. The molecule has 1 saturated heterocycles. The monoisotopic (exact) mass is 718 g/mol. The van der Waals surface area contributed by atoms with Gasteiger partial charge in [0.15, 0.2) is 0 Å². The maximum Gasteiger partial charge on any atom is 0.573 e. The smallest absolute Gasteiger partial charge is 0.406 e. The van der Waals surface area contributed by atoms with Crippen LogP contribution in [0.15, 0.2) is 133 Å². The Morgan fingerprint density at radius 1 is 0.686 bits per heavy atom. The summed E-state index contributed by atoms with van der Waals surface area (Å²) in [5.74, 6) is -1.75. The van der Waals surface area contributed by atoms with Crippen molar-refractivity contribution >= 4 is 11.6 Å². The number of hydrogen-bond donors (Lipinski definition) is 0. The van der Waals surface area contributed by atoms with Crippen LogP contribution in [-0.2, 0) is 55.7 Å². The Kier molecular flexibility index (Phi) is 12.1. The second kappa shape index (κ2) is 16.9. The summed E-state index contributed by atoms with van der Waals surface area (Å²) in [5, 5.41) is 0.471. The summed E-state index contributed by atoms with van der Waals surface area (Å²) < 4.78 is 75.2. The third-order valence-corrected chi connectivity index (χ3v) is 9.04. The molecule has 5 aromatic carbocycles. The first-order valence-corrected chi connectivity index (χ1v) is 16.9. The standard InChI is InChI=1S/C41H38ClF3O6/c1-46-40(34-19-22-36(42)33(24-34)23-29-17-20-35(21-18-29)51-41(43,44)45)39(49-27-32-15-9-4-10-16-32)38(48-26-31-13-7-3-8-14-31)37(28-50-40)47-25-30-11-5-2-6-12-30/h2-22,24,37-39H,23,25-28H2,1H3. The Labute approximate surface area is 300 Å². The normalized spacial score (nSPS) is 20.6. The van der Waals surface area contributed by atoms with Gasteiger partial charge < -0.3 is 28.4 Å². The molecule has 4 atom stereocenters. The predicted molar refractivity (Wildman–Crippen MR) is 187 cm³/mol. The fourth-order valence-electron chi connectivity index (χ4n) is 6.14. The molecule has 5 aromatic rings. The SMILES string of the molecule is COC1(c2ccc(Cl)c(Cc3ccc(OC(F)(F)F)cc3)c2)OCC(OCc2ccccc2)C(OCc2ccccc2)C1OCc1ccccc1. The summed E-state index contributed by atoms with van der Waals surface area (Å²) in [7, 11) is 1.56. The van der Waals surface area contributed by atoms with E-state index < -0.39 is 30.5 Å². The molecule has 0 saturated carbocycles. The van der Waals surface area contributed by atoms with Gasteiger partial charge in [0.2, 0.25) is 5.79 Å². The van der Waals surface area contributed by atoms with E-state index in [2.05, 4.69) is 4.74 Å². The highest BCUT2D eigenvalue weighted by Crippen LogP contribution is 2.42. The van der Waals surface area contributed by atoms with E-state index in [0.29, 0.717) is 35.8 Å². The zero-order valence-electron chi connectivity index (χ0n) is 27.9. The van der Waals surface area contributed by atoms with E-state index in [9.17, 15) is 13.2 Å². The van der Waals surface area contributed by atoms with Gasteiger partial charge in [0.1, 0.15) is 24.1 Å². The molecule has 0 aliphatic carbocycles. The van der Waals surface area contributed by atoms with Crippen LogP contribution in [0.5, 0.6) is 5.75 Å². The van der Waals surface area contributed by atoms with E-state index in [4.69, 9.17) is 35.3 Å². The van der Waals surface area contributed by atoms with Crippen LogP contribution in [0, 0.1) is 0 Å². The molecular formula is C41H38ClF3O6. The van der Waals surface area contributed by atoms with Crippen LogP contribution in [0.25, 0.3) is 0 Å². The maximum absolute atomic E-state index is 12.7. The fraction of sp³-hybridized carbons (Fsp3) is 0.268. The first-order chi connectivity index (χ1) is 24.7. The number of hydrogen-bond acceptors (Lipinski definition) is 6. The minimum absolute atomic E-state index is 0.129. The van der Waals surface area contributed by atoms with Crippen LogP contribution in [0.1, 0.15) is 33.4 Å². The Bertz CT molecular complexity index is 1810. The highest BCUT2D eigenvalue weighted by atomic mass is 35.5. The zero-order valence-corrected chi connectivity index (χ0v) is 28.7. The minimum atomic E-state index is -4.78. The Morgan fingerprint density at radius 2 is 1.24 bits per heavy atom. The number of halogens is 4. The third-order valence-electron chi connectivity index (χ3n) is 8.67. The average Bonchev–Trinajstić information content (AvgIpc) is 3.14. The van der Waals surface area contributed by atoms with Gasteiger partial charge in [-0.1, -0.05) is 121 Å². The van der Waals surface area contributed by atoms with Gasteiger partial charge in [-0.05, 0) is 58.5 Å². The van der Waals surface area contributed by atoms with Gasteiger partial charge in [0, 0.05) is 17.7 Å².